The smallest absolute Gasteiger partial charge is 0.363 e. The third kappa shape index (κ3) is 5.83. The van der Waals surface area contributed by atoms with Gasteiger partial charge >= 0.3 is 5.97 Å². The fourth-order valence-electron chi connectivity index (χ4n) is 3.27. The summed E-state index contributed by atoms with van der Waals surface area (Å²) >= 11 is 2.09. The molecule has 3 aromatic carbocycles. The van der Waals surface area contributed by atoms with Gasteiger partial charge in [-0.1, -0.05) is 12.1 Å². The number of nitro benzene ring substituents is 1. The Labute approximate surface area is 213 Å². The Hall–Kier alpha value is -3.80. The normalized spacial score (nSPS) is 14.0. The van der Waals surface area contributed by atoms with Gasteiger partial charge in [-0.2, -0.15) is 0 Å². The van der Waals surface area contributed by atoms with Gasteiger partial charge in [-0.15, -0.1) is 0 Å². The van der Waals surface area contributed by atoms with E-state index in [0.717, 1.165) is 0 Å². The summed E-state index contributed by atoms with van der Waals surface area (Å²) in [4.78, 5) is 27.1. The number of non-ortho nitro benzene ring substituents is 1. The topological polar surface area (TPSA) is 100 Å². The molecule has 1 aliphatic heterocycles. The summed E-state index contributed by atoms with van der Waals surface area (Å²) in [7, 11) is 0. The van der Waals surface area contributed by atoms with Crippen LogP contribution in [0.1, 0.15) is 23.6 Å². The van der Waals surface area contributed by atoms with Crippen LogP contribution in [-0.2, 0) is 16.1 Å². The Balaban J connectivity index is 1.59. The monoisotopic (exact) mass is 588 g/mol. The molecular weight excluding hydrogens is 570 g/mol. The largest absolute Gasteiger partial charge is 0.490 e. The number of carbonyl (C=O) groups is 1. The number of hydrogen-bond acceptors (Lipinski definition) is 7. The number of ether oxygens (including phenoxy) is 3. The van der Waals surface area contributed by atoms with Gasteiger partial charge in [-0.3, -0.25) is 10.1 Å². The number of benzene rings is 3. The Morgan fingerprint density at radius 1 is 1.14 bits per heavy atom. The summed E-state index contributed by atoms with van der Waals surface area (Å²) in [5.74, 6) is -0.00201. The van der Waals surface area contributed by atoms with E-state index < -0.39 is 16.7 Å². The molecular formula is C25H18FIN2O6. The Morgan fingerprint density at radius 3 is 2.63 bits per heavy atom. The number of nitro groups is 1. The first-order chi connectivity index (χ1) is 16.8. The number of nitrogens with zero attached hydrogens (tertiary/aromatic N) is 2. The number of rotatable bonds is 8. The van der Waals surface area contributed by atoms with Crippen molar-refractivity contribution in [1.29, 1.82) is 0 Å². The molecule has 0 atom stereocenters. The first-order valence-electron chi connectivity index (χ1n) is 10.4. The van der Waals surface area contributed by atoms with Gasteiger partial charge in [0.15, 0.2) is 17.2 Å². The lowest BCUT2D eigenvalue weighted by Gasteiger charge is -2.15. The molecule has 10 heteroatoms. The highest BCUT2D eigenvalue weighted by Gasteiger charge is 2.24. The fourth-order valence-corrected chi connectivity index (χ4v) is 4.05. The van der Waals surface area contributed by atoms with Gasteiger partial charge in [0.2, 0.25) is 5.90 Å². The van der Waals surface area contributed by atoms with Gasteiger partial charge in [0.05, 0.1) is 15.1 Å². The molecule has 0 fully saturated rings. The molecule has 0 radical (unpaired) electrons. The zero-order valence-electron chi connectivity index (χ0n) is 18.4. The SMILES string of the molecule is CCOc1cc(/C=C2\N=C(c3ccc(F)cc3)OC2=O)cc(I)c1OCc1cccc([N+](=O)[O-])c1. The summed E-state index contributed by atoms with van der Waals surface area (Å²) in [6.45, 7) is 2.31. The molecule has 0 aliphatic carbocycles. The van der Waals surface area contributed by atoms with E-state index in [1.807, 2.05) is 6.92 Å². The number of esters is 1. The number of hydrogen-bond donors (Lipinski definition) is 0. The average Bonchev–Trinajstić information content (AvgIpc) is 3.19. The van der Waals surface area contributed by atoms with Crippen LogP contribution in [0, 0.1) is 19.5 Å². The van der Waals surface area contributed by atoms with E-state index >= 15 is 0 Å². The molecule has 3 aromatic rings. The van der Waals surface area contributed by atoms with Crippen molar-refractivity contribution in [2.45, 2.75) is 13.5 Å². The molecule has 0 bridgehead atoms. The molecule has 0 aromatic heterocycles. The van der Waals surface area contributed by atoms with Crippen LogP contribution < -0.4 is 9.47 Å². The van der Waals surface area contributed by atoms with Gasteiger partial charge in [-0.25, -0.2) is 14.2 Å². The van der Waals surface area contributed by atoms with Crippen molar-refractivity contribution in [3.8, 4) is 11.5 Å². The molecule has 1 heterocycles. The molecule has 178 valence electrons. The zero-order chi connectivity index (χ0) is 24.9. The van der Waals surface area contributed by atoms with Crippen molar-refractivity contribution in [2.75, 3.05) is 6.61 Å². The molecule has 4 rings (SSSR count). The minimum atomic E-state index is -0.622. The van der Waals surface area contributed by atoms with Gasteiger partial charge in [0, 0.05) is 17.7 Å². The number of carbonyl (C=O) groups excluding carboxylic acids is 1. The molecule has 0 N–H and O–H groups in total. The quantitative estimate of drug-likeness (QED) is 0.111. The Kier molecular flexibility index (Phi) is 7.39. The summed E-state index contributed by atoms with van der Waals surface area (Å²) < 4.78 is 30.8. The molecule has 0 saturated heterocycles. The number of halogens is 2. The second-order valence-electron chi connectivity index (χ2n) is 7.32. The van der Waals surface area contributed by atoms with E-state index in [0.29, 0.717) is 38.4 Å². The van der Waals surface area contributed by atoms with Crippen LogP contribution in [0.4, 0.5) is 10.1 Å². The summed E-state index contributed by atoms with van der Waals surface area (Å²) in [6.07, 6.45) is 1.56. The van der Waals surface area contributed by atoms with Crippen LogP contribution in [0.25, 0.3) is 6.08 Å². The van der Waals surface area contributed by atoms with Crippen molar-refractivity contribution < 1.29 is 28.3 Å². The molecule has 0 saturated carbocycles. The van der Waals surface area contributed by atoms with Crippen LogP contribution in [0.5, 0.6) is 11.5 Å². The second kappa shape index (κ2) is 10.6. The van der Waals surface area contributed by atoms with Crippen LogP contribution in [0.2, 0.25) is 0 Å². The number of cyclic esters (lactones) is 1. The average molecular weight is 588 g/mol. The minimum Gasteiger partial charge on any atom is -0.490 e. The predicted molar refractivity (Wildman–Crippen MR) is 135 cm³/mol. The lowest BCUT2D eigenvalue weighted by atomic mass is 10.1. The van der Waals surface area contributed by atoms with Crippen molar-refractivity contribution in [1.82, 2.24) is 0 Å². The predicted octanol–water partition coefficient (Wildman–Crippen LogP) is 5.66. The van der Waals surface area contributed by atoms with Crippen molar-refractivity contribution in [3.05, 3.63) is 103 Å². The van der Waals surface area contributed by atoms with E-state index in [1.54, 1.807) is 30.3 Å². The van der Waals surface area contributed by atoms with Gasteiger partial charge in [0.25, 0.3) is 5.69 Å². The van der Waals surface area contributed by atoms with Crippen molar-refractivity contribution >= 4 is 46.2 Å². The summed E-state index contributed by atoms with van der Waals surface area (Å²) in [5.41, 5.74) is 1.83. The molecule has 1 aliphatic rings. The van der Waals surface area contributed by atoms with E-state index in [9.17, 15) is 19.3 Å². The van der Waals surface area contributed by atoms with Crippen LogP contribution >= 0.6 is 22.6 Å². The van der Waals surface area contributed by atoms with Crippen molar-refractivity contribution in [2.24, 2.45) is 4.99 Å². The van der Waals surface area contributed by atoms with E-state index in [1.165, 1.54) is 36.4 Å². The molecule has 8 nitrogen and oxygen atoms in total. The lowest BCUT2D eigenvalue weighted by Crippen LogP contribution is -2.05. The molecule has 0 spiro atoms. The Bertz CT molecular complexity index is 1350. The molecule has 35 heavy (non-hydrogen) atoms. The summed E-state index contributed by atoms with van der Waals surface area (Å²) in [6, 6.07) is 15.2. The lowest BCUT2D eigenvalue weighted by molar-refractivity contribution is -0.384. The highest BCUT2D eigenvalue weighted by Crippen LogP contribution is 2.36. The second-order valence-corrected chi connectivity index (χ2v) is 8.48. The molecule has 0 unspecified atom stereocenters. The van der Waals surface area contributed by atoms with E-state index in [2.05, 4.69) is 27.6 Å². The van der Waals surface area contributed by atoms with Gasteiger partial charge in [0.1, 0.15) is 12.4 Å². The minimum absolute atomic E-state index is 0.0168. The fraction of sp³-hybridized carbons (Fsp3) is 0.120. The summed E-state index contributed by atoms with van der Waals surface area (Å²) in [5, 5.41) is 11.0. The maximum Gasteiger partial charge on any atom is 0.363 e. The van der Waals surface area contributed by atoms with Crippen molar-refractivity contribution in [3.63, 3.8) is 0 Å². The maximum absolute atomic E-state index is 13.2. The highest BCUT2D eigenvalue weighted by molar-refractivity contribution is 14.1. The van der Waals surface area contributed by atoms with Crippen LogP contribution in [-0.4, -0.2) is 23.4 Å². The third-order valence-corrected chi connectivity index (χ3v) is 5.65. The Morgan fingerprint density at radius 2 is 1.91 bits per heavy atom. The maximum atomic E-state index is 13.2. The zero-order valence-corrected chi connectivity index (χ0v) is 20.5. The molecule has 0 amide bonds. The first-order valence-corrected chi connectivity index (χ1v) is 11.5. The van der Waals surface area contributed by atoms with Gasteiger partial charge < -0.3 is 14.2 Å². The standard InChI is InChI=1S/C25H18FIN2O6/c1-2-33-22-13-16(12-21-25(30)35-24(28-21)17-6-8-18(26)9-7-17)11-20(27)23(22)34-14-15-4-3-5-19(10-15)29(31)32/h3-13H,2,14H2,1H3/b21-12-. The van der Waals surface area contributed by atoms with E-state index in [4.69, 9.17) is 14.2 Å². The first kappa shape index (κ1) is 24.3. The van der Waals surface area contributed by atoms with Crippen LogP contribution in [0.15, 0.2) is 71.4 Å². The van der Waals surface area contributed by atoms with Gasteiger partial charge in [-0.05, 0) is 83.1 Å². The van der Waals surface area contributed by atoms with E-state index in [-0.39, 0.29) is 23.9 Å². The highest BCUT2D eigenvalue weighted by atomic mass is 127. The third-order valence-electron chi connectivity index (χ3n) is 4.85. The van der Waals surface area contributed by atoms with Crippen LogP contribution in [0.3, 0.4) is 0 Å². The number of aliphatic imine (C=N–C) groups is 1.